The van der Waals surface area contributed by atoms with Crippen LogP contribution < -0.4 is 15.2 Å². The van der Waals surface area contributed by atoms with Gasteiger partial charge in [0.05, 0.1) is 13.2 Å². The van der Waals surface area contributed by atoms with Gasteiger partial charge in [-0.3, -0.25) is 0 Å². The zero-order chi connectivity index (χ0) is 21.0. The van der Waals surface area contributed by atoms with Gasteiger partial charge in [-0.25, -0.2) is 0 Å². The van der Waals surface area contributed by atoms with Crippen LogP contribution in [0.5, 0.6) is 11.5 Å². The van der Waals surface area contributed by atoms with E-state index in [1.54, 1.807) is 0 Å². The van der Waals surface area contributed by atoms with Gasteiger partial charge in [0.1, 0.15) is 0 Å². The van der Waals surface area contributed by atoms with Gasteiger partial charge in [0.2, 0.25) is 0 Å². The van der Waals surface area contributed by atoms with Crippen LogP contribution in [0.1, 0.15) is 117 Å². The summed E-state index contributed by atoms with van der Waals surface area (Å²) in [6.45, 7) is 6.03. The third-order valence-electron chi connectivity index (χ3n) is 5.48. The highest BCUT2D eigenvalue weighted by molar-refractivity contribution is 5.51. The molecule has 0 atom stereocenters. The normalized spacial score (nSPS) is 11.0. The SMILES string of the molecule is CCCCCCCCCCOc1ccc(N)cc1OCCCCCCCCCC. The molecule has 29 heavy (non-hydrogen) atoms. The predicted molar refractivity (Wildman–Crippen MR) is 127 cm³/mol. The molecular weight excluding hydrogens is 358 g/mol. The summed E-state index contributed by atoms with van der Waals surface area (Å²) in [6, 6.07) is 5.74. The van der Waals surface area contributed by atoms with Gasteiger partial charge in [-0.05, 0) is 25.0 Å². The summed E-state index contributed by atoms with van der Waals surface area (Å²) >= 11 is 0. The fourth-order valence-corrected chi connectivity index (χ4v) is 3.59. The first-order valence-corrected chi connectivity index (χ1v) is 12.4. The number of hydrogen-bond donors (Lipinski definition) is 1. The maximum absolute atomic E-state index is 5.99. The second kappa shape index (κ2) is 18.6. The molecular formula is C26H47NO2. The first-order chi connectivity index (χ1) is 14.3. The lowest BCUT2D eigenvalue weighted by atomic mass is 10.1. The van der Waals surface area contributed by atoms with Crippen molar-refractivity contribution in [3.63, 3.8) is 0 Å². The summed E-state index contributed by atoms with van der Waals surface area (Å²) in [6.07, 6.45) is 20.9. The Labute approximate surface area is 180 Å². The van der Waals surface area contributed by atoms with E-state index in [-0.39, 0.29) is 0 Å². The monoisotopic (exact) mass is 405 g/mol. The minimum Gasteiger partial charge on any atom is -0.490 e. The van der Waals surface area contributed by atoms with E-state index in [2.05, 4.69) is 13.8 Å². The summed E-state index contributed by atoms with van der Waals surface area (Å²) in [7, 11) is 0. The molecule has 1 aromatic carbocycles. The Morgan fingerprint density at radius 1 is 0.552 bits per heavy atom. The van der Waals surface area contributed by atoms with E-state index in [0.717, 1.165) is 43.2 Å². The Balaban J connectivity index is 2.14. The Morgan fingerprint density at radius 3 is 1.45 bits per heavy atom. The van der Waals surface area contributed by atoms with Gasteiger partial charge in [-0.1, -0.05) is 104 Å². The number of nitrogens with two attached hydrogens (primary N) is 1. The second-order valence-electron chi connectivity index (χ2n) is 8.35. The molecule has 0 saturated carbocycles. The fourth-order valence-electron chi connectivity index (χ4n) is 3.59. The van der Waals surface area contributed by atoms with Crippen molar-refractivity contribution in [2.45, 2.75) is 117 Å². The average molecular weight is 406 g/mol. The Bertz CT molecular complexity index is 490. The lowest BCUT2D eigenvalue weighted by Gasteiger charge is -2.13. The second-order valence-corrected chi connectivity index (χ2v) is 8.35. The molecule has 0 bridgehead atoms. The molecule has 0 fully saturated rings. The van der Waals surface area contributed by atoms with Gasteiger partial charge in [0, 0.05) is 11.8 Å². The fraction of sp³-hybridized carbons (Fsp3) is 0.769. The van der Waals surface area contributed by atoms with Crippen LogP contribution in [0, 0.1) is 0 Å². The molecule has 0 aliphatic heterocycles. The molecule has 1 aromatic rings. The molecule has 0 spiro atoms. The highest BCUT2D eigenvalue weighted by Crippen LogP contribution is 2.30. The van der Waals surface area contributed by atoms with Crippen LogP contribution in [0.4, 0.5) is 5.69 Å². The molecule has 0 radical (unpaired) electrons. The minimum atomic E-state index is 0.732. The molecule has 0 aliphatic rings. The van der Waals surface area contributed by atoms with Crippen LogP contribution in [0.3, 0.4) is 0 Å². The number of anilines is 1. The summed E-state index contributed by atoms with van der Waals surface area (Å²) in [4.78, 5) is 0. The van der Waals surface area contributed by atoms with Gasteiger partial charge in [0.25, 0.3) is 0 Å². The predicted octanol–water partition coefficient (Wildman–Crippen LogP) is 8.31. The summed E-state index contributed by atoms with van der Waals surface area (Å²) in [5.74, 6) is 1.63. The molecule has 3 heteroatoms. The molecule has 0 aromatic heterocycles. The highest BCUT2D eigenvalue weighted by Gasteiger charge is 2.06. The number of benzene rings is 1. The lowest BCUT2D eigenvalue weighted by Crippen LogP contribution is -2.03. The summed E-state index contributed by atoms with van der Waals surface area (Å²) < 4.78 is 12.0. The first-order valence-electron chi connectivity index (χ1n) is 12.4. The standard InChI is InChI=1S/C26H47NO2/c1-3-5-7-9-11-13-15-17-21-28-25-20-19-24(27)23-26(25)29-22-18-16-14-12-10-8-6-4-2/h19-20,23H,3-18,21-22,27H2,1-2H3. The van der Waals surface area contributed by atoms with Crippen LogP contribution in [-0.2, 0) is 0 Å². The zero-order valence-electron chi connectivity index (χ0n) is 19.4. The highest BCUT2D eigenvalue weighted by atomic mass is 16.5. The zero-order valence-corrected chi connectivity index (χ0v) is 19.4. The molecule has 168 valence electrons. The molecule has 1 rings (SSSR count). The van der Waals surface area contributed by atoms with Crippen LogP contribution >= 0.6 is 0 Å². The van der Waals surface area contributed by atoms with Crippen LogP contribution in [0.15, 0.2) is 18.2 Å². The number of hydrogen-bond acceptors (Lipinski definition) is 3. The van der Waals surface area contributed by atoms with Gasteiger partial charge in [-0.15, -0.1) is 0 Å². The van der Waals surface area contributed by atoms with Crippen molar-refractivity contribution >= 4 is 5.69 Å². The molecule has 0 saturated heterocycles. The number of unbranched alkanes of at least 4 members (excludes halogenated alkanes) is 14. The van der Waals surface area contributed by atoms with Gasteiger partial charge < -0.3 is 15.2 Å². The van der Waals surface area contributed by atoms with E-state index in [0.29, 0.717) is 0 Å². The van der Waals surface area contributed by atoms with Crippen molar-refractivity contribution in [2.75, 3.05) is 18.9 Å². The van der Waals surface area contributed by atoms with Crippen LogP contribution in [-0.4, -0.2) is 13.2 Å². The largest absolute Gasteiger partial charge is 0.490 e. The van der Waals surface area contributed by atoms with E-state index in [1.807, 2.05) is 18.2 Å². The van der Waals surface area contributed by atoms with Gasteiger partial charge in [-0.2, -0.15) is 0 Å². The van der Waals surface area contributed by atoms with Crippen molar-refractivity contribution < 1.29 is 9.47 Å². The smallest absolute Gasteiger partial charge is 0.163 e. The van der Waals surface area contributed by atoms with Crippen molar-refractivity contribution in [3.05, 3.63) is 18.2 Å². The Hall–Kier alpha value is -1.38. The van der Waals surface area contributed by atoms with Crippen molar-refractivity contribution in [3.8, 4) is 11.5 Å². The molecule has 3 nitrogen and oxygen atoms in total. The third-order valence-corrected chi connectivity index (χ3v) is 5.48. The first kappa shape index (κ1) is 25.7. The van der Waals surface area contributed by atoms with Crippen molar-refractivity contribution in [1.29, 1.82) is 0 Å². The lowest BCUT2D eigenvalue weighted by molar-refractivity contribution is 0.258. The maximum Gasteiger partial charge on any atom is 0.163 e. The minimum absolute atomic E-state index is 0.732. The number of ether oxygens (including phenoxy) is 2. The third kappa shape index (κ3) is 14.3. The Morgan fingerprint density at radius 2 is 0.966 bits per heavy atom. The summed E-state index contributed by atoms with van der Waals surface area (Å²) in [5.41, 5.74) is 6.68. The van der Waals surface area contributed by atoms with Crippen LogP contribution in [0.25, 0.3) is 0 Å². The van der Waals surface area contributed by atoms with E-state index in [9.17, 15) is 0 Å². The number of rotatable bonds is 20. The summed E-state index contributed by atoms with van der Waals surface area (Å²) in [5, 5.41) is 0. The van der Waals surface area contributed by atoms with E-state index in [1.165, 1.54) is 89.9 Å². The molecule has 2 N–H and O–H groups in total. The van der Waals surface area contributed by atoms with Gasteiger partial charge >= 0.3 is 0 Å². The maximum atomic E-state index is 5.99. The van der Waals surface area contributed by atoms with E-state index < -0.39 is 0 Å². The van der Waals surface area contributed by atoms with Gasteiger partial charge in [0.15, 0.2) is 11.5 Å². The number of nitrogen functional groups attached to an aromatic ring is 1. The molecule has 0 unspecified atom stereocenters. The van der Waals surface area contributed by atoms with E-state index in [4.69, 9.17) is 15.2 Å². The Kier molecular flexibility index (Phi) is 16.5. The molecule has 0 amide bonds. The quantitative estimate of drug-likeness (QED) is 0.175. The van der Waals surface area contributed by atoms with Crippen molar-refractivity contribution in [1.82, 2.24) is 0 Å². The van der Waals surface area contributed by atoms with Crippen LogP contribution in [0.2, 0.25) is 0 Å². The topological polar surface area (TPSA) is 44.5 Å². The van der Waals surface area contributed by atoms with E-state index >= 15 is 0 Å². The molecule has 0 heterocycles. The average Bonchev–Trinajstić information content (AvgIpc) is 2.72. The van der Waals surface area contributed by atoms with Crippen molar-refractivity contribution in [2.24, 2.45) is 0 Å². The molecule has 0 aliphatic carbocycles.